The lowest BCUT2D eigenvalue weighted by Crippen LogP contribution is -2.56. The molecule has 4 aliphatic rings. The normalized spacial score (nSPS) is 53.5. The average Bonchev–Trinajstić information content (AvgIpc) is 2.93. The molecule has 2 N–H and O–H groups in total. The van der Waals surface area contributed by atoms with Crippen molar-refractivity contribution in [2.45, 2.75) is 97.0 Å². The van der Waals surface area contributed by atoms with Crippen molar-refractivity contribution in [3.05, 3.63) is 0 Å². The van der Waals surface area contributed by atoms with Crippen molar-refractivity contribution in [2.75, 3.05) is 0 Å². The Labute approximate surface area is 158 Å². The second kappa shape index (κ2) is 6.22. The lowest BCUT2D eigenvalue weighted by atomic mass is 9.43. The quantitative estimate of drug-likeness (QED) is 0.720. The van der Waals surface area contributed by atoms with E-state index in [0.29, 0.717) is 17.3 Å². The van der Waals surface area contributed by atoms with Crippen LogP contribution in [0.15, 0.2) is 0 Å². The number of hydrogen-bond acceptors (Lipinski definition) is 2. The van der Waals surface area contributed by atoms with E-state index in [2.05, 4.69) is 20.8 Å². The van der Waals surface area contributed by atoms with Crippen molar-refractivity contribution in [3.63, 3.8) is 0 Å². The van der Waals surface area contributed by atoms with Gasteiger partial charge in [0, 0.05) is 0 Å². The molecule has 4 fully saturated rings. The minimum atomic E-state index is -0.560. The third-order valence-corrected chi connectivity index (χ3v) is 9.83. The molecule has 4 aliphatic carbocycles. The van der Waals surface area contributed by atoms with Gasteiger partial charge in [0.25, 0.3) is 0 Å². The third kappa shape index (κ3) is 2.59. The van der Waals surface area contributed by atoms with Crippen LogP contribution in [0.2, 0.25) is 0 Å². The SMILES string of the molecule is CCC[C@@]1(O)CC[C@@]2(C)[C@H](CC[C@@H]3[C@@H]2CC[C@]2(C)[C@@H](C(=O)O)CC[C@@H]32)C1. The molecule has 4 saturated carbocycles. The van der Waals surface area contributed by atoms with Crippen LogP contribution in [0.25, 0.3) is 0 Å². The van der Waals surface area contributed by atoms with Crippen LogP contribution in [0.5, 0.6) is 0 Å². The van der Waals surface area contributed by atoms with Gasteiger partial charge in [-0.25, -0.2) is 0 Å². The van der Waals surface area contributed by atoms with E-state index in [0.717, 1.165) is 56.8 Å². The molecule has 0 aromatic heterocycles. The van der Waals surface area contributed by atoms with Crippen LogP contribution in [0.4, 0.5) is 0 Å². The van der Waals surface area contributed by atoms with Crippen LogP contribution in [0, 0.1) is 40.4 Å². The highest BCUT2D eigenvalue weighted by molar-refractivity contribution is 5.71. The molecular weight excluding hydrogens is 324 g/mol. The molecule has 0 unspecified atom stereocenters. The zero-order valence-electron chi connectivity index (χ0n) is 17.0. The Morgan fingerprint density at radius 3 is 2.38 bits per heavy atom. The summed E-state index contributed by atoms with van der Waals surface area (Å²) in [4.78, 5) is 11.8. The number of aliphatic hydroxyl groups is 1. The first-order valence-corrected chi connectivity index (χ1v) is 11.2. The summed E-state index contributed by atoms with van der Waals surface area (Å²) in [6, 6.07) is 0. The van der Waals surface area contributed by atoms with E-state index in [9.17, 15) is 15.0 Å². The minimum Gasteiger partial charge on any atom is -0.481 e. The lowest BCUT2D eigenvalue weighted by molar-refractivity contribution is -0.162. The summed E-state index contributed by atoms with van der Waals surface area (Å²) in [6.07, 6.45) is 12.0. The van der Waals surface area contributed by atoms with E-state index in [1.807, 2.05) is 0 Å². The summed E-state index contributed by atoms with van der Waals surface area (Å²) in [7, 11) is 0. The molecule has 0 bridgehead atoms. The summed E-state index contributed by atoms with van der Waals surface area (Å²) >= 11 is 0. The van der Waals surface area contributed by atoms with Gasteiger partial charge in [0.15, 0.2) is 0 Å². The summed E-state index contributed by atoms with van der Waals surface area (Å²) in [5.41, 5.74) is -0.0317. The Balaban J connectivity index is 1.56. The van der Waals surface area contributed by atoms with Gasteiger partial charge < -0.3 is 10.2 Å². The van der Waals surface area contributed by atoms with E-state index in [4.69, 9.17) is 0 Å². The fraction of sp³-hybridized carbons (Fsp3) is 0.957. The van der Waals surface area contributed by atoms with Crippen molar-refractivity contribution in [2.24, 2.45) is 40.4 Å². The van der Waals surface area contributed by atoms with E-state index < -0.39 is 11.6 Å². The molecule has 26 heavy (non-hydrogen) atoms. The van der Waals surface area contributed by atoms with E-state index >= 15 is 0 Å². The molecule has 0 spiro atoms. The van der Waals surface area contributed by atoms with Crippen LogP contribution < -0.4 is 0 Å². The number of carboxylic acids is 1. The summed E-state index contributed by atoms with van der Waals surface area (Å²) in [6.45, 7) is 6.99. The molecular formula is C23H38O3. The highest BCUT2D eigenvalue weighted by Crippen LogP contribution is 2.68. The van der Waals surface area contributed by atoms with Gasteiger partial charge in [-0.1, -0.05) is 27.2 Å². The Hall–Kier alpha value is -0.570. The number of carbonyl (C=O) groups is 1. The van der Waals surface area contributed by atoms with Gasteiger partial charge in [0.2, 0.25) is 0 Å². The Morgan fingerprint density at radius 1 is 0.962 bits per heavy atom. The number of rotatable bonds is 3. The monoisotopic (exact) mass is 362 g/mol. The summed E-state index contributed by atoms with van der Waals surface area (Å²) in [5, 5.41) is 20.8. The van der Waals surface area contributed by atoms with Crippen LogP contribution in [-0.2, 0) is 4.79 Å². The highest BCUT2D eigenvalue weighted by Gasteiger charge is 2.62. The molecule has 3 heteroatoms. The topological polar surface area (TPSA) is 57.5 Å². The maximum absolute atomic E-state index is 11.8. The molecule has 8 atom stereocenters. The second-order valence-corrected chi connectivity index (χ2v) is 10.8. The largest absolute Gasteiger partial charge is 0.481 e. The molecule has 3 nitrogen and oxygen atoms in total. The summed E-state index contributed by atoms with van der Waals surface area (Å²) in [5.74, 6) is 2.05. The third-order valence-electron chi connectivity index (χ3n) is 9.83. The van der Waals surface area contributed by atoms with Crippen LogP contribution in [-0.4, -0.2) is 21.8 Å². The van der Waals surface area contributed by atoms with Gasteiger partial charge in [-0.2, -0.15) is 0 Å². The predicted molar refractivity (Wildman–Crippen MR) is 103 cm³/mol. The molecule has 0 heterocycles. The molecule has 0 aromatic rings. The smallest absolute Gasteiger partial charge is 0.307 e. The number of fused-ring (bicyclic) bond motifs is 5. The van der Waals surface area contributed by atoms with Crippen molar-refractivity contribution in [1.29, 1.82) is 0 Å². The molecule has 0 aromatic carbocycles. The molecule has 148 valence electrons. The Morgan fingerprint density at radius 2 is 1.69 bits per heavy atom. The van der Waals surface area contributed by atoms with E-state index in [1.54, 1.807) is 0 Å². The number of carboxylic acid groups (broad SMARTS) is 1. The molecule has 0 amide bonds. The molecule has 0 radical (unpaired) electrons. The first kappa shape index (κ1) is 18.8. The van der Waals surface area contributed by atoms with Crippen molar-refractivity contribution >= 4 is 5.97 Å². The van der Waals surface area contributed by atoms with Crippen molar-refractivity contribution in [3.8, 4) is 0 Å². The average molecular weight is 363 g/mol. The van der Waals surface area contributed by atoms with Gasteiger partial charge in [-0.15, -0.1) is 0 Å². The van der Waals surface area contributed by atoms with Crippen LogP contribution >= 0.6 is 0 Å². The maximum Gasteiger partial charge on any atom is 0.307 e. The van der Waals surface area contributed by atoms with Gasteiger partial charge >= 0.3 is 5.97 Å². The number of aliphatic carboxylic acids is 1. The summed E-state index contributed by atoms with van der Waals surface area (Å²) < 4.78 is 0. The zero-order chi connectivity index (χ0) is 18.7. The first-order chi connectivity index (χ1) is 12.2. The van der Waals surface area contributed by atoms with Gasteiger partial charge in [-0.3, -0.25) is 4.79 Å². The second-order valence-electron chi connectivity index (χ2n) is 10.8. The molecule has 0 saturated heterocycles. The highest BCUT2D eigenvalue weighted by atomic mass is 16.4. The van der Waals surface area contributed by atoms with Gasteiger partial charge in [0.1, 0.15) is 0 Å². The first-order valence-electron chi connectivity index (χ1n) is 11.2. The fourth-order valence-corrected chi connectivity index (χ4v) is 8.42. The van der Waals surface area contributed by atoms with E-state index in [1.165, 1.54) is 25.7 Å². The van der Waals surface area contributed by atoms with Gasteiger partial charge in [-0.05, 0) is 98.7 Å². The predicted octanol–water partition coefficient (Wildman–Crippen LogP) is 5.26. The lowest BCUT2D eigenvalue weighted by Gasteiger charge is -2.62. The standard InChI is InChI=1S/C23H38O3/c1-4-10-23(26)13-12-21(2)15(14-23)5-6-16-17-7-8-19(20(24)25)22(17,3)11-9-18(16)21/h15-19,26H,4-14H2,1-3H3,(H,24,25)/t15-,16+,17+,18+,19-,21+,22+,23-/m1/s1. The van der Waals surface area contributed by atoms with Crippen LogP contribution in [0.1, 0.15) is 91.4 Å². The fourth-order valence-electron chi connectivity index (χ4n) is 8.42. The van der Waals surface area contributed by atoms with E-state index in [-0.39, 0.29) is 11.3 Å². The maximum atomic E-state index is 11.8. The number of hydrogen-bond donors (Lipinski definition) is 2. The van der Waals surface area contributed by atoms with Crippen molar-refractivity contribution < 1.29 is 15.0 Å². The Kier molecular flexibility index (Phi) is 4.49. The van der Waals surface area contributed by atoms with Crippen molar-refractivity contribution in [1.82, 2.24) is 0 Å². The molecule has 4 rings (SSSR count). The molecule has 0 aliphatic heterocycles. The Bertz CT molecular complexity index is 574. The minimum absolute atomic E-state index is 0.0216. The van der Waals surface area contributed by atoms with Crippen LogP contribution in [0.3, 0.4) is 0 Å². The zero-order valence-corrected chi connectivity index (χ0v) is 17.0. The van der Waals surface area contributed by atoms with Gasteiger partial charge in [0.05, 0.1) is 11.5 Å².